The number of nitrogens with zero attached hydrogens (tertiary/aromatic N) is 1. The number of carbonyl (C=O) groups is 1. The standard InChI is InChI=1S/C10H20N2O2S/c1-8(3-4-15(2)14)12-7-9(6-11)5-10(12)13/h8-9H,3-7,11H2,1-2H3. The molecule has 0 saturated carbocycles. The van der Waals surface area contributed by atoms with Crippen LogP contribution in [-0.4, -0.2) is 46.2 Å². The molecule has 5 heteroatoms. The normalized spacial score (nSPS) is 25.7. The summed E-state index contributed by atoms with van der Waals surface area (Å²) < 4.78 is 11.0. The molecule has 3 unspecified atom stereocenters. The smallest absolute Gasteiger partial charge is 0.223 e. The maximum Gasteiger partial charge on any atom is 0.223 e. The van der Waals surface area contributed by atoms with Crippen LogP contribution in [-0.2, 0) is 15.6 Å². The van der Waals surface area contributed by atoms with Gasteiger partial charge in [0.1, 0.15) is 0 Å². The van der Waals surface area contributed by atoms with Crippen molar-refractivity contribution in [2.75, 3.05) is 25.1 Å². The highest BCUT2D eigenvalue weighted by Gasteiger charge is 2.31. The van der Waals surface area contributed by atoms with Crippen LogP contribution in [0.4, 0.5) is 0 Å². The fourth-order valence-corrected chi connectivity index (χ4v) is 2.56. The molecule has 1 amide bonds. The van der Waals surface area contributed by atoms with Crippen LogP contribution in [0.25, 0.3) is 0 Å². The first-order chi connectivity index (χ1) is 7.04. The van der Waals surface area contributed by atoms with E-state index in [0.717, 1.165) is 13.0 Å². The van der Waals surface area contributed by atoms with Crippen LogP contribution in [0.3, 0.4) is 0 Å². The molecule has 0 radical (unpaired) electrons. The fourth-order valence-electron chi connectivity index (χ4n) is 1.88. The van der Waals surface area contributed by atoms with Crippen molar-refractivity contribution >= 4 is 16.7 Å². The molecule has 3 atom stereocenters. The molecule has 88 valence electrons. The Kier molecular flexibility index (Phi) is 4.73. The molecule has 1 aliphatic heterocycles. The van der Waals surface area contributed by atoms with E-state index in [1.807, 2.05) is 11.8 Å². The number of hydrogen-bond donors (Lipinski definition) is 1. The second-order valence-electron chi connectivity index (χ2n) is 4.27. The van der Waals surface area contributed by atoms with Crippen molar-refractivity contribution in [3.05, 3.63) is 0 Å². The van der Waals surface area contributed by atoms with Crippen molar-refractivity contribution in [1.82, 2.24) is 4.90 Å². The van der Waals surface area contributed by atoms with E-state index < -0.39 is 10.8 Å². The minimum atomic E-state index is -0.771. The van der Waals surface area contributed by atoms with Crippen LogP contribution >= 0.6 is 0 Å². The van der Waals surface area contributed by atoms with Gasteiger partial charge in [0.05, 0.1) is 0 Å². The molecule has 15 heavy (non-hydrogen) atoms. The minimum Gasteiger partial charge on any atom is -0.340 e. The van der Waals surface area contributed by atoms with Crippen LogP contribution in [0.15, 0.2) is 0 Å². The molecule has 0 aromatic rings. The Balaban J connectivity index is 2.42. The molecule has 0 aromatic carbocycles. The second kappa shape index (κ2) is 5.61. The van der Waals surface area contributed by atoms with Gasteiger partial charge in [-0.15, -0.1) is 0 Å². The predicted molar refractivity (Wildman–Crippen MR) is 61.9 cm³/mol. The molecule has 1 rings (SSSR count). The van der Waals surface area contributed by atoms with E-state index in [1.165, 1.54) is 0 Å². The van der Waals surface area contributed by atoms with Crippen LogP contribution < -0.4 is 5.73 Å². The summed E-state index contributed by atoms with van der Waals surface area (Å²) >= 11 is 0. The number of hydrogen-bond acceptors (Lipinski definition) is 3. The molecule has 0 aromatic heterocycles. The van der Waals surface area contributed by atoms with E-state index in [9.17, 15) is 9.00 Å². The fraction of sp³-hybridized carbons (Fsp3) is 0.900. The van der Waals surface area contributed by atoms with Crippen molar-refractivity contribution in [3.63, 3.8) is 0 Å². The Hall–Kier alpha value is -0.420. The van der Waals surface area contributed by atoms with E-state index in [2.05, 4.69) is 0 Å². The first kappa shape index (κ1) is 12.6. The van der Waals surface area contributed by atoms with Gasteiger partial charge < -0.3 is 10.6 Å². The predicted octanol–water partition coefficient (Wildman–Crippen LogP) is -0.0493. The molecule has 0 aliphatic carbocycles. The van der Waals surface area contributed by atoms with Crippen molar-refractivity contribution in [2.24, 2.45) is 11.7 Å². The summed E-state index contributed by atoms with van der Waals surface area (Å²) in [6.45, 7) is 3.37. The van der Waals surface area contributed by atoms with Gasteiger partial charge in [0, 0.05) is 41.8 Å². The summed E-state index contributed by atoms with van der Waals surface area (Å²) in [7, 11) is -0.771. The number of likely N-dealkylation sites (tertiary alicyclic amines) is 1. The Bertz CT molecular complexity index is 258. The van der Waals surface area contributed by atoms with Gasteiger partial charge in [0.2, 0.25) is 5.91 Å². The molecule has 1 aliphatic rings. The lowest BCUT2D eigenvalue weighted by Gasteiger charge is -2.24. The van der Waals surface area contributed by atoms with Crippen LogP contribution in [0.5, 0.6) is 0 Å². The topological polar surface area (TPSA) is 63.4 Å². The zero-order valence-electron chi connectivity index (χ0n) is 9.44. The lowest BCUT2D eigenvalue weighted by Crippen LogP contribution is -2.35. The summed E-state index contributed by atoms with van der Waals surface area (Å²) in [5, 5.41) is 0. The summed E-state index contributed by atoms with van der Waals surface area (Å²) in [5.74, 6) is 1.17. The molecule has 4 nitrogen and oxygen atoms in total. The maximum atomic E-state index is 11.6. The highest BCUT2D eigenvalue weighted by Crippen LogP contribution is 2.20. The molecule has 1 fully saturated rings. The highest BCUT2D eigenvalue weighted by molar-refractivity contribution is 7.84. The van der Waals surface area contributed by atoms with E-state index in [0.29, 0.717) is 24.6 Å². The van der Waals surface area contributed by atoms with Gasteiger partial charge in [-0.3, -0.25) is 9.00 Å². The summed E-state index contributed by atoms with van der Waals surface area (Å²) in [6, 6.07) is 0.193. The van der Waals surface area contributed by atoms with Crippen molar-refractivity contribution in [3.8, 4) is 0 Å². The molecule has 1 saturated heterocycles. The van der Waals surface area contributed by atoms with E-state index in [4.69, 9.17) is 5.73 Å². The van der Waals surface area contributed by atoms with Gasteiger partial charge in [-0.1, -0.05) is 0 Å². The van der Waals surface area contributed by atoms with E-state index in [1.54, 1.807) is 6.26 Å². The average molecular weight is 232 g/mol. The lowest BCUT2D eigenvalue weighted by atomic mass is 10.1. The van der Waals surface area contributed by atoms with Gasteiger partial charge in [-0.25, -0.2) is 0 Å². The monoisotopic (exact) mass is 232 g/mol. The first-order valence-corrected chi connectivity index (χ1v) is 7.07. The third-order valence-electron chi connectivity index (χ3n) is 2.93. The second-order valence-corrected chi connectivity index (χ2v) is 5.82. The summed E-state index contributed by atoms with van der Waals surface area (Å²) in [6.07, 6.45) is 3.09. The third-order valence-corrected chi connectivity index (χ3v) is 3.74. The summed E-state index contributed by atoms with van der Waals surface area (Å²) in [5.41, 5.74) is 5.55. The molecule has 0 spiro atoms. The molecule has 1 heterocycles. The molecule has 2 N–H and O–H groups in total. The lowest BCUT2D eigenvalue weighted by molar-refractivity contribution is -0.129. The SMILES string of the molecule is CC(CCS(C)=O)N1CC(CN)CC1=O. The largest absolute Gasteiger partial charge is 0.340 e. The van der Waals surface area contributed by atoms with Gasteiger partial charge >= 0.3 is 0 Å². The van der Waals surface area contributed by atoms with Crippen molar-refractivity contribution in [1.29, 1.82) is 0 Å². The molecular weight excluding hydrogens is 212 g/mol. The van der Waals surface area contributed by atoms with E-state index >= 15 is 0 Å². The number of amides is 1. The first-order valence-electron chi connectivity index (χ1n) is 5.34. The summed E-state index contributed by atoms with van der Waals surface area (Å²) in [4.78, 5) is 13.5. The van der Waals surface area contributed by atoms with Crippen molar-refractivity contribution < 1.29 is 9.00 Å². The van der Waals surface area contributed by atoms with Gasteiger partial charge in [-0.05, 0) is 25.8 Å². The number of rotatable bonds is 5. The van der Waals surface area contributed by atoms with E-state index in [-0.39, 0.29) is 11.9 Å². The van der Waals surface area contributed by atoms with Gasteiger partial charge in [0.15, 0.2) is 0 Å². The van der Waals surface area contributed by atoms with Gasteiger partial charge in [-0.2, -0.15) is 0 Å². The number of carbonyl (C=O) groups excluding carboxylic acids is 1. The van der Waals surface area contributed by atoms with Crippen LogP contribution in [0.2, 0.25) is 0 Å². The van der Waals surface area contributed by atoms with Crippen molar-refractivity contribution in [2.45, 2.75) is 25.8 Å². The minimum absolute atomic E-state index is 0.193. The van der Waals surface area contributed by atoms with Crippen LogP contribution in [0.1, 0.15) is 19.8 Å². The maximum absolute atomic E-state index is 11.6. The Morgan fingerprint density at radius 3 is 2.80 bits per heavy atom. The quantitative estimate of drug-likeness (QED) is 0.723. The van der Waals surface area contributed by atoms with Crippen LogP contribution in [0, 0.1) is 5.92 Å². The average Bonchev–Trinajstić information content (AvgIpc) is 2.56. The Morgan fingerprint density at radius 2 is 2.33 bits per heavy atom. The zero-order chi connectivity index (χ0) is 11.4. The Labute approximate surface area is 93.7 Å². The Morgan fingerprint density at radius 1 is 1.67 bits per heavy atom. The third kappa shape index (κ3) is 3.57. The molecular formula is C10H20N2O2S. The highest BCUT2D eigenvalue weighted by atomic mass is 32.2. The molecule has 0 bridgehead atoms. The number of nitrogens with two attached hydrogens (primary N) is 1. The van der Waals surface area contributed by atoms with Gasteiger partial charge in [0.25, 0.3) is 0 Å². The zero-order valence-corrected chi connectivity index (χ0v) is 10.3.